The summed E-state index contributed by atoms with van der Waals surface area (Å²) in [6.45, 7) is 8.50. The van der Waals surface area contributed by atoms with E-state index in [-0.39, 0.29) is 5.91 Å². The lowest BCUT2D eigenvalue weighted by molar-refractivity contribution is -0.115. The average Bonchev–Trinajstić information content (AvgIpc) is 3.29. The van der Waals surface area contributed by atoms with Crippen LogP contribution < -0.4 is 21.3 Å². The molecule has 0 aliphatic carbocycles. The molecule has 34 heavy (non-hydrogen) atoms. The lowest BCUT2D eigenvalue weighted by atomic mass is 10.2. The van der Waals surface area contributed by atoms with Crippen molar-refractivity contribution in [3.63, 3.8) is 0 Å². The quantitative estimate of drug-likeness (QED) is 0.298. The van der Waals surface area contributed by atoms with Crippen LogP contribution in [0.5, 0.6) is 0 Å². The molecule has 2 aromatic rings. The number of allylic oxidation sites excluding steroid dienone is 1. The Balaban J connectivity index is 1.84. The van der Waals surface area contributed by atoms with Crippen molar-refractivity contribution in [3.8, 4) is 0 Å². The van der Waals surface area contributed by atoms with Gasteiger partial charge in [0.05, 0.1) is 0 Å². The second-order valence-electron chi connectivity index (χ2n) is 8.29. The summed E-state index contributed by atoms with van der Waals surface area (Å²) in [6.07, 6.45) is 3.08. The van der Waals surface area contributed by atoms with Crippen LogP contribution in [-0.4, -0.2) is 59.2 Å². The highest BCUT2D eigenvalue weighted by Gasteiger charge is 2.26. The summed E-state index contributed by atoms with van der Waals surface area (Å²) in [4.78, 5) is 26.7. The Morgan fingerprint density at radius 1 is 1.29 bits per heavy atom. The molecule has 1 aromatic carbocycles. The van der Waals surface area contributed by atoms with E-state index in [4.69, 9.17) is 16.1 Å². The van der Waals surface area contributed by atoms with Crippen molar-refractivity contribution >= 4 is 40.7 Å². The molecule has 1 aromatic heterocycles. The number of nitrogens with two attached hydrogens (primary N) is 1. The van der Waals surface area contributed by atoms with E-state index in [1.165, 1.54) is 11.8 Å². The van der Waals surface area contributed by atoms with E-state index in [0.29, 0.717) is 35.0 Å². The lowest BCUT2D eigenvalue weighted by Crippen LogP contribution is -2.34. The standard InChI is InChI=1S/C24H34N8OS/c1-5-23(33)27-17-7-9-19(10-8-17)34-24-29-21(28-20(26)13-16(3)25)14-22(30-24)32-12-11-18(15-32)31(4)6-2/h7-10,13-14,18,25H,5-6,11-12,15,26H2,1-4H3,(H,27,33)(H,28,29,30)/b20-13+,25-16?/t18-/m0/s1. The van der Waals surface area contributed by atoms with E-state index in [1.54, 1.807) is 13.0 Å². The van der Waals surface area contributed by atoms with Gasteiger partial charge in [-0.05, 0) is 69.0 Å². The van der Waals surface area contributed by atoms with Crippen LogP contribution >= 0.6 is 11.8 Å². The minimum absolute atomic E-state index is 0.0180. The summed E-state index contributed by atoms with van der Waals surface area (Å²) >= 11 is 1.45. The number of amides is 1. The second-order valence-corrected chi connectivity index (χ2v) is 9.33. The molecule has 9 nitrogen and oxygen atoms in total. The first kappa shape index (κ1) is 25.5. The first-order chi connectivity index (χ1) is 16.3. The minimum atomic E-state index is -0.0180. The fourth-order valence-corrected chi connectivity index (χ4v) is 4.40. The molecular formula is C24H34N8OS. The molecule has 1 aliphatic rings. The molecule has 1 atom stereocenters. The zero-order valence-corrected chi connectivity index (χ0v) is 21.1. The number of nitrogens with zero attached hydrogens (tertiary/aromatic N) is 4. The first-order valence-corrected chi connectivity index (χ1v) is 12.3. The summed E-state index contributed by atoms with van der Waals surface area (Å²) < 4.78 is 0. The van der Waals surface area contributed by atoms with Crippen molar-refractivity contribution in [1.82, 2.24) is 14.9 Å². The van der Waals surface area contributed by atoms with E-state index in [1.807, 2.05) is 37.3 Å². The van der Waals surface area contributed by atoms with Gasteiger partial charge in [0.1, 0.15) is 17.5 Å². The monoisotopic (exact) mass is 482 g/mol. The zero-order valence-electron chi connectivity index (χ0n) is 20.3. The van der Waals surface area contributed by atoms with E-state index < -0.39 is 0 Å². The Kier molecular flexibility index (Phi) is 8.89. The van der Waals surface area contributed by atoms with Crippen molar-refractivity contribution < 1.29 is 4.79 Å². The largest absolute Gasteiger partial charge is 0.385 e. The van der Waals surface area contributed by atoms with E-state index in [2.05, 4.69) is 39.4 Å². The Labute approximate surface area is 205 Å². The molecule has 10 heteroatoms. The Morgan fingerprint density at radius 3 is 2.68 bits per heavy atom. The highest BCUT2D eigenvalue weighted by Crippen LogP contribution is 2.30. The van der Waals surface area contributed by atoms with Crippen LogP contribution in [-0.2, 0) is 4.79 Å². The summed E-state index contributed by atoms with van der Waals surface area (Å²) in [7, 11) is 2.15. The summed E-state index contributed by atoms with van der Waals surface area (Å²) in [5.74, 6) is 1.77. The predicted molar refractivity (Wildman–Crippen MR) is 140 cm³/mol. The maximum absolute atomic E-state index is 11.6. The van der Waals surface area contributed by atoms with E-state index >= 15 is 0 Å². The molecule has 1 saturated heterocycles. The molecule has 0 unspecified atom stereocenters. The van der Waals surface area contributed by atoms with Gasteiger partial charge in [-0.25, -0.2) is 9.97 Å². The van der Waals surface area contributed by atoms with Crippen LogP contribution in [0.15, 0.2) is 52.3 Å². The number of hydrogen-bond acceptors (Lipinski definition) is 9. The fraction of sp³-hybridized carbons (Fsp3) is 0.417. The summed E-state index contributed by atoms with van der Waals surface area (Å²) in [5, 5.41) is 14.2. The number of aromatic nitrogens is 2. The summed E-state index contributed by atoms with van der Waals surface area (Å²) in [6, 6.07) is 10.0. The van der Waals surface area contributed by atoms with Gasteiger partial charge in [0.15, 0.2) is 5.16 Å². The Hall–Kier alpha value is -3.11. The summed E-state index contributed by atoms with van der Waals surface area (Å²) in [5.41, 5.74) is 7.16. The molecule has 0 radical (unpaired) electrons. The molecule has 5 N–H and O–H groups in total. The zero-order chi connectivity index (χ0) is 24.7. The topological polar surface area (TPSA) is 123 Å². The molecule has 0 bridgehead atoms. The van der Waals surface area contributed by atoms with Crippen LogP contribution in [0.1, 0.15) is 33.6 Å². The number of nitrogens with one attached hydrogen (secondary N) is 3. The van der Waals surface area contributed by atoms with Crippen molar-refractivity contribution in [1.29, 1.82) is 5.41 Å². The molecule has 0 saturated carbocycles. The molecular weight excluding hydrogens is 448 g/mol. The van der Waals surface area contributed by atoms with Gasteiger partial charge in [-0.15, -0.1) is 0 Å². The van der Waals surface area contributed by atoms with Gasteiger partial charge in [-0.3, -0.25) is 4.79 Å². The number of benzene rings is 1. The van der Waals surface area contributed by atoms with Gasteiger partial charge in [-0.1, -0.05) is 13.8 Å². The van der Waals surface area contributed by atoms with Crippen LogP contribution in [0, 0.1) is 5.41 Å². The third-order valence-corrected chi connectivity index (χ3v) is 6.49. The maximum Gasteiger partial charge on any atom is 0.224 e. The molecule has 1 aliphatic heterocycles. The van der Waals surface area contributed by atoms with Crippen molar-refractivity contribution in [2.75, 3.05) is 42.2 Å². The van der Waals surface area contributed by atoms with E-state index in [0.717, 1.165) is 42.5 Å². The van der Waals surface area contributed by atoms with Crippen LogP contribution in [0.4, 0.5) is 17.3 Å². The van der Waals surface area contributed by atoms with Gasteiger partial charge in [0.25, 0.3) is 0 Å². The fourth-order valence-electron chi connectivity index (χ4n) is 3.63. The van der Waals surface area contributed by atoms with Gasteiger partial charge >= 0.3 is 0 Å². The Morgan fingerprint density at radius 2 is 2.03 bits per heavy atom. The number of rotatable bonds is 10. The van der Waals surface area contributed by atoms with Crippen molar-refractivity contribution in [2.24, 2.45) is 5.73 Å². The normalized spacial score (nSPS) is 16.1. The van der Waals surface area contributed by atoms with Gasteiger partial charge in [0, 0.05) is 47.9 Å². The first-order valence-electron chi connectivity index (χ1n) is 11.5. The average molecular weight is 483 g/mol. The number of anilines is 3. The second kappa shape index (κ2) is 11.8. The molecule has 2 heterocycles. The highest BCUT2D eigenvalue weighted by molar-refractivity contribution is 7.99. The third kappa shape index (κ3) is 7.19. The van der Waals surface area contributed by atoms with E-state index in [9.17, 15) is 4.79 Å². The number of likely N-dealkylation sites (N-methyl/N-ethyl adjacent to an activating group) is 1. The van der Waals surface area contributed by atoms with Crippen LogP contribution in [0.2, 0.25) is 0 Å². The third-order valence-electron chi connectivity index (χ3n) is 5.61. The number of hydrogen-bond donors (Lipinski definition) is 4. The molecule has 1 amide bonds. The van der Waals surface area contributed by atoms with Crippen molar-refractivity contribution in [3.05, 3.63) is 42.2 Å². The Bertz CT molecular complexity index is 1040. The molecule has 1 fully saturated rings. The smallest absolute Gasteiger partial charge is 0.224 e. The van der Waals surface area contributed by atoms with Gasteiger partial charge in [0.2, 0.25) is 5.91 Å². The number of carbonyl (C=O) groups is 1. The van der Waals surface area contributed by atoms with Crippen LogP contribution in [0.3, 0.4) is 0 Å². The molecule has 3 rings (SSSR count). The lowest BCUT2D eigenvalue weighted by Gasteiger charge is -2.24. The molecule has 182 valence electrons. The van der Waals surface area contributed by atoms with Crippen LogP contribution in [0.25, 0.3) is 0 Å². The minimum Gasteiger partial charge on any atom is -0.385 e. The SMILES string of the molecule is CCC(=O)Nc1ccc(Sc2nc(N/C(N)=C/C(C)=N)cc(N3CC[C@H](N(C)CC)C3)n2)cc1. The van der Waals surface area contributed by atoms with Crippen molar-refractivity contribution in [2.45, 2.75) is 49.7 Å². The maximum atomic E-state index is 11.6. The predicted octanol–water partition coefficient (Wildman–Crippen LogP) is 3.76. The van der Waals surface area contributed by atoms with Gasteiger partial charge < -0.3 is 31.6 Å². The highest BCUT2D eigenvalue weighted by atomic mass is 32.2. The van der Waals surface area contributed by atoms with Gasteiger partial charge in [-0.2, -0.15) is 0 Å². The molecule has 0 spiro atoms. The number of carbonyl (C=O) groups excluding carboxylic acids is 1.